The number of hydrogen-bond donors (Lipinski definition) is 1. The third kappa shape index (κ3) is 3.75. The Balaban J connectivity index is 1.39. The van der Waals surface area contributed by atoms with Crippen molar-refractivity contribution in [1.82, 2.24) is 15.5 Å². The summed E-state index contributed by atoms with van der Waals surface area (Å²) in [6.07, 6.45) is 8.26. The van der Waals surface area contributed by atoms with Gasteiger partial charge in [0, 0.05) is 37.3 Å². The maximum atomic E-state index is 13.3. The molecule has 29 heavy (non-hydrogen) atoms. The van der Waals surface area contributed by atoms with Crippen LogP contribution in [0.3, 0.4) is 0 Å². The molecule has 1 unspecified atom stereocenters. The molecule has 7 nitrogen and oxygen atoms in total. The van der Waals surface area contributed by atoms with Crippen LogP contribution in [-0.2, 0) is 11.2 Å². The number of aromatic nitrogens is 2. The van der Waals surface area contributed by atoms with Gasteiger partial charge >= 0.3 is 6.03 Å². The number of carbonyl (C=O) groups is 1. The van der Waals surface area contributed by atoms with Crippen molar-refractivity contribution in [2.75, 3.05) is 18.1 Å². The zero-order chi connectivity index (χ0) is 19.6. The smallest absolute Gasteiger partial charge is 0.322 e. The highest BCUT2D eigenvalue weighted by Crippen LogP contribution is 2.40. The number of anilines is 1. The highest BCUT2D eigenvalue weighted by molar-refractivity contribution is 5.95. The number of para-hydroxylation sites is 1. The SMILES string of the molecule is O=C(NC1CCCCC1)N1c2ccccc2CC1c1noc(C2CCOCC2)n1. The van der Waals surface area contributed by atoms with E-state index in [4.69, 9.17) is 14.2 Å². The number of rotatable bonds is 3. The Hall–Kier alpha value is -2.41. The van der Waals surface area contributed by atoms with Crippen LogP contribution in [0.25, 0.3) is 0 Å². The topological polar surface area (TPSA) is 80.5 Å². The van der Waals surface area contributed by atoms with Crippen LogP contribution < -0.4 is 10.2 Å². The predicted molar refractivity (Wildman–Crippen MR) is 108 cm³/mol. The summed E-state index contributed by atoms with van der Waals surface area (Å²) in [5.74, 6) is 1.52. The van der Waals surface area contributed by atoms with Gasteiger partial charge in [-0.3, -0.25) is 4.90 Å². The summed E-state index contributed by atoms with van der Waals surface area (Å²) < 4.78 is 11.1. The molecule has 1 N–H and O–H groups in total. The standard InChI is InChI=1S/C22H28N4O3/c27-22(23-17-7-2-1-3-8-17)26-18-9-5-4-6-16(18)14-19(26)20-24-21(29-25-20)15-10-12-28-13-11-15/h4-6,9,15,17,19H,1-3,7-8,10-14H2,(H,23,27). The first-order valence-electron chi connectivity index (χ1n) is 10.9. The molecule has 0 spiro atoms. The van der Waals surface area contributed by atoms with Gasteiger partial charge in [-0.15, -0.1) is 0 Å². The van der Waals surface area contributed by atoms with E-state index in [1.54, 1.807) is 0 Å². The van der Waals surface area contributed by atoms with Gasteiger partial charge in [0.15, 0.2) is 5.82 Å². The molecule has 0 radical (unpaired) electrons. The third-order valence-corrected chi connectivity index (χ3v) is 6.45. The number of fused-ring (bicyclic) bond motifs is 1. The van der Waals surface area contributed by atoms with Gasteiger partial charge in [0.25, 0.3) is 0 Å². The Kier molecular flexibility index (Phi) is 5.23. The van der Waals surface area contributed by atoms with Gasteiger partial charge in [-0.25, -0.2) is 4.79 Å². The Morgan fingerprint density at radius 3 is 2.69 bits per heavy atom. The number of benzene rings is 1. The molecule has 0 bridgehead atoms. The number of urea groups is 1. The summed E-state index contributed by atoms with van der Waals surface area (Å²) in [4.78, 5) is 19.8. The van der Waals surface area contributed by atoms with Gasteiger partial charge in [-0.2, -0.15) is 4.98 Å². The summed E-state index contributed by atoms with van der Waals surface area (Å²) in [5.41, 5.74) is 2.09. The zero-order valence-corrected chi connectivity index (χ0v) is 16.7. The maximum Gasteiger partial charge on any atom is 0.322 e. The highest BCUT2D eigenvalue weighted by atomic mass is 16.5. The van der Waals surface area contributed by atoms with Gasteiger partial charge in [0.1, 0.15) is 6.04 Å². The van der Waals surface area contributed by atoms with Gasteiger partial charge in [0.05, 0.1) is 0 Å². The van der Waals surface area contributed by atoms with E-state index in [-0.39, 0.29) is 24.0 Å². The first-order valence-corrected chi connectivity index (χ1v) is 10.9. The van der Waals surface area contributed by atoms with E-state index in [0.29, 0.717) is 18.1 Å². The summed E-state index contributed by atoms with van der Waals surface area (Å²) in [6, 6.07) is 8.06. The first-order chi connectivity index (χ1) is 14.3. The molecule has 154 valence electrons. The molecule has 1 atom stereocenters. The molecule has 1 aromatic heterocycles. The Labute approximate surface area is 170 Å². The second-order valence-electron chi connectivity index (χ2n) is 8.38. The van der Waals surface area contributed by atoms with Crippen LogP contribution in [0.1, 0.15) is 74.2 Å². The van der Waals surface area contributed by atoms with Crippen LogP contribution in [0, 0.1) is 0 Å². The maximum absolute atomic E-state index is 13.3. The molecule has 2 aromatic rings. The molecule has 2 aliphatic heterocycles. The fraction of sp³-hybridized carbons (Fsp3) is 0.591. The molecule has 1 saturated heterocycles. The number of ether oxygens (including phenoxy) is 1. The Bertz CT molecular complexity index is 855. The van der Waals surface area contributed by atoms with Crippen molar-refractivity contribution in [2.24, 2.45) is 0 Å². The van der Waals surface area contributed by atoms with Crippen LogP contribution in [0.15, 0.2) is 28.8 Å². The molecule has 3 aliphatic rings. The van der Waals surface area contributed by atoms with Crippen LogP contribution in [0.4, 0.5) is 10.5 Å². The van der Waals surface area contributed by atoms with Crippen LogP contribution in [0.5, 0.6) is 0 Å². The fourth-order valence-corrected chi connectivity index (χ4v) is 4.83. The second-order valence-corrected chi connectivity index (χ2v) is 8.38. The zero-order valence-electron chi connectivity index (χ0n) is 16.7. The van der Waals surface area contributed by atoms with Crippen LogP contribution in [0.2, 0.25) is 0 Å². The molecule has 5 rings (SSSR count). The average molecular weight is 396 g/mol. The van der Waals surface area contributed by atoms with E-state index in [1.807, 2.05) is 23.1 Å². The number of carbonyl (C=O) groups excluding carboxylic acids is 1. The van der Waals surface area contributed by atoms with E-state index >= 15 is 0 Å². The van der Waals surface area contributed by atoms with E-state index in [0.717, 1.165) is 50.1 Å². The van der Waals surface area contributed by atoms with E-state index in [2.05, 4.69) is 16.5 Å². The van der Waals surface area contributed by atoms with E-state index in [1.165, 1.54) is 19.3 Å². The predicted octanol–water partition coefficient (Wildman–Crippen LogP) is 4.11. The van der Waals surface area contributed by atoms with Crippen molar-refractivity contribution in [1.29, 1.82) is 0 Å². The largest absolute Gasteiger partial charge is 0.381 e. The summed E-state index contributed by atoms with van der Waals surface area (Å²) >= 11 is 0. The average Bonchev–Trinajstić information content (AvgIpc) is 3.40. The lowest BCUT2D eigenvalue weighted by Gasteiger charge is -2.29. The van der Waals surface area contributed by atoms with Crippen LogP contribution >= 0.6 is 0 Å². The molecular formula is C22H28N4O3. The first kappa shape index (κ1) is 18.6. The summed E-state index contributed by atoms with van der Waals surface area (Å²) in [5, 5.41) is 7.54. The van der Waals surface area contributed by atoms with Gasteiger partial charge in [-0.05, 0) is 37.3 Å². The van der Waals surface area contributed by atoms with Crippen molar-refractivity contribution in [3.8, 4) is 0 Å². The summed E-state index contributed by atoms with van der Waals surface area (Å²) in [7, 11) is 0. The fourth-order valence-electron chi connectivity index (χ4n) is 4.83. The van der Waals surface area contributed by atoms with Crippen molar-refractivity contribution >= 4 is 11.7 Å². The minimum Gasteiger partial charge on any atom is -0.381 e. The molecule has 7 heteroatoms. The van der Waals surface area contributed by atoms with Crippen molar-refractivity contribution in [2.45, 2.75) is 69.4 Å². The quantitative estimate of drug-likeness (QED) is 0.844. The molecule has 3 heterocycles. The summed E-state index contributed by atoms with van der Waals surface area (Å²) in [6.45, 7) is 1.46. The van der Waals surface area contributed by atoms with Crippen molar-refractivity contribution < 1.29 is 14.1 Å². The molecule has 2 amide bonds. The Morgan fingerprint density at radius 1 is 1.07 bits per heavy atom. The molecule has 1 aliphatic carbocycles. The van der Waals surface area contributed by atoms with E-state index in [9.17, 15) is 4.79 Å². The minimum absolute atomic E-state index is 0.0516. The molecule has 1 aromatic carbocycles. The molecule has 1 saturated carbocycles. The normalized spacial score (nSPS) is 23.2. The van der Waals surface area contributed by atoms with Gasteiger partial charge in [-0.1, -0.05) is 42.6 Å². The van der Waals surface area contributed by atoms with Crippen LogP contribution in [-0.4, -0.2) is 35.4 Å². The van der Waals surface area contributed by atoms with Crippen molar-refractivity contribution in [3.05, 3.63) is 41.5 Å². The van der Waals surface area contributed by atoms with Gasteiger partial charge in [0.2, 0.25) is 5.89 Å². The highest BCUT2D eigenvalue weighted by Gasteiger charge is 2.39. The third-order valence-electron chi connectivity index (χ3n) is 6.45. The second kappa shape index (κ2) is 8.14. The lowest BCUT2D eigenvalue weighted by molar-refractivity contribution is 0.0778. The lowest BCUT2D eigenvalue weighted by atomic mass is 9.96. The lowest BCUT2D eigenvalue weighted by Crippen LogP contribution is -2.46. The van der Waals surface area contributed by atoms with Crippen molar-refractivity contribution in [3.63, 3.8) is 0 Å². The van der Waals surface area contributed by atoms with E-state index < -0.39 is 0 Å². The Morgan fingerprint density at radius 2 is 1.86 bits per heavy atom. The molecular weight excluding hydrogens is 368 g/mol. The molecule has 2 fully saturated rings. The minimum atomic E-state index is -0.228. The number of amides is 2. The monoisotopic (exact) mass is 396 g/mol. The van der Waals surface area contributed by atoms with Gasteiger partial charge < -0.3 is 14.6 Å². The number of nitrogens with one attached hydrogen (secondary N) is 1. The number of hydrogen-bond acceptors (Lipinski definition) is 5. The number of nitrogens with zero attached hydrogens (tertiary/aromatic N) is 3.